The number of halogens is 3. The smallest absolute Gasteiger partial charge is 0.416 e. The number of carbonyl (C=O) groups is 2. The highest BCUT2D eigenvalue weighted by atomic mass is 32.2. The molecule has 0 saturated carbocycles. The molecule has 198 valence electrons. The van der Waals surface area contributed by atoms with E-state index in [1.54, 1.807) is 17.8 Å². The van der Waals surface area contributed by atoms with E-state index in [9.17, 15) is 22.8 Å². The summed E-state index contributed by atoms with van der Waals surface area (Å²) in [4.78, 5) is 25.5. The number of carbonyl (C=O) groups excluding carboxylic acids is 1. The zero-order valence-corrected chi connectivity index (χ0v) is 22.6. The number of nitrogens with one attached hydrogen (secondary N) is 1. The highest BCUT2D eigenvalue weighted by Crippen LogP contribution is 2.35. The molecule has 0 bridgehead atoms. The van der Waals surface area contributed by atoms with Gasteiger partial charge in [0, 0.05) is 22.1 Å². The second-order valence-electron chi connectivity index (χ2n) is 9.13. The van der Waals surface area contributed by atoms with Crippen LogP contribution in [0.5, 0.6) is 0 Å². The predicted octanol–water partition coefficient (Wildman–Crippen LogP) is 7.62. The van der Waals surface area contributed by atoms with Crippen molar-refractivity contribution in [1.82, 2.24) is 5.32 Å². The average Bonchev–Trinajstić information content (AvgIpc) is 3.30. The van der Waals surface area contributed by atoms with Gasteiger partial charge < -0.3 is 10.4 Å². The second-order valence-corrected chi connectivity index (χ2v) is 11.4. The Morgan fingerprint density at radius 3 is 2.30 bits per heavy atom. The van der Waals surface area contributed by atoms with Crippen molar-refractivity contribution in [3.05, 3.63) is 75.0 Å². The third kappa shape index (κ3) is 8.36. The number of hydrogen-bond donors (Lipinski definition) is 2. The summed E-state index contributed by atoms with van der Waals surface area (Å²) in [5.74, 6) is 0.174. The molecule has 3 aromatic rings. The molecule has 1 unspecified atom stereocenters. The molecular formula is C28H30F3NO3S2. The largest absolute Gasteiger partial charge is 0.481 e. The first kappa shape index (κ1) is 28.8. The Labute approximate surface area is 223 Å². The highest BCUT2D eigenvalue weighted by molar-refractivity contribution is 7.99. The van der Waals surface area contributed by atoms with Crippen LogP contribution in [0.1, 0.15) is 51.0 Å². The standard InChI is InChI=1S/C28H30F3NO3S2/c1-17(4-9-22-10-11-24(37-22)27(35)32-13-12-25(33)34)16-36-23-14-18(2)26(19(3)15-23)20-5-7-21(8-6-20)28(29,30)31/h5-8,10-11,14-15,17H,4,9,12-13,16H2,1-3H3,(H,32,35)(H,33,34). The van der Waals surface area contributed by atoms with Crippen LogP contribution >= 0.6 is 23.1 Å². The number of amides is 1. The summed E-state index contributed by atoms with van der Waals surface area (Å²) in [7, 11) is 0. The van der Waals surface area contributed by atoms with Crippen molar-refractivity contribution in [2.45, 2.75) is 51.1 Å². The Bertz CT molecular complexity index is 1210. The molecular weight excluding hydrogens is 519 g/mol. The summed E-state index contributed by atoms with van der Waals surface area (Å²) in [6, 6.07) is 13.2. The lowest BCUT2D eigenvalue weighted by atomic mass is 9.95. The Balaban J connectivity index is 1.52. The molecule has 0 aliphatic rings. The van der Waals surface area contributed by atoms with Gasteiger partial charge in [-0.15, -0.1) is 23.1 Å². The fraction of sp³-hybridized carbons (Fsp3) is 0.357. The number of carboxylic acid groups (broad SMARTS) is 1. The van der Waals surface area contributed by atoms with Crippen molar-refractivity contribution in [3.8, 4) is 11.1 Å². The van der Waals surface area contributed by atoms with Crippen molar-refractivity contribution < 1.29 is 27.9 Å². The predicted molar refractivity (Wildman–Crippen MR) is 143 cm³/mol. The number of alkyl halides is 3. The summed E-state index contributed by atoms with van der Waals surface area (Å²) in [6.07, 6.45) is -2.62. The van der Waals surface area contributed by atoms with E-state index in [1.165, 1.54) is 23.5 Å². The molecule has 37 heavy (non-hydrogen) atoms. The lowest BCUT2D eigenvalue weighted by Crippen LogP contribution is -2.25. The highest BCUT2D eigenvalue weighted by Gasteiger charge is 2.30. The lowest BCUT2D eigenvalue weighted by molar-refractivity contribution is -0.138. The number of carboxylic acids is 1. The maximum absolute atomic E-state index is 12.9. The van der Waals surface area contributed by atoms with Crippen LogP contribution in [-0.4, -0.2) is 29.3 Å². The zero-order chi connectivity index (χ0) is 27.2. The molecule has 2 aromatic carbocycles. The number of rotatable bonds is 11. The van der Waals surface area contributed by atoms with E-state index in [2.05, 4.69) is 24.4 Å². The van der Waals surface area contributed by atoms with Gasteiger partial charge in [-0.05, 0) is 91.3 Å². The van der Waals surface area contributed by atoms with Gasteiger partial charge in [-0.2, -0.15) is 13.2 Å². The van der Waals surface area contributed by atoms with Crippen LogP contribution in [-0.2, 0) is 17.4 Å². The normalized spacial score (nSPS) is 12.4. The number of thiophene rings is 1. The van der Waals surface area contributed by atoms with Crippen LogP contribution in [0, 0.1) is 19.8 Å². The van der Waals surface area contributed by atoms with E-state index in [-0.39, 0.29) is 18.9 Å². The molecule has 1 atom stereocenters. The molecule has 1 heterocycles. The minimum Gasteiger partial charge on any atom is -0.481 e. The quantitative estimate of drug-likeness (QED) is 0.242. The van der Waals surface area contributed by atoms with Crippen LogP contribution in [0.15, 0.2) is 53.4 Å². The van der Waals surface area contributed by atoms with Crippen LogP contribution in [0.4, 0.5) is 13.2 Å². The maximum Gasteiger partial charge on any atom is 0.416 e. The fourth-order valence-corrected chi connectivity index (χ4v) is 6.11. The number of benzene rings is 2. The fourth-order valence-electron chi connectivity index (χ4n) is 4.00. The Kier molecular flexibility index (Phi) is 9.84. The van der Waals surface area contributed by atoms with E-state index >= 15 is 0 Å². The SMILES string of the molecule is Cc1cc(SCC(C)CCc2ccc(C(=O)NCCC(=O)O)s2)cc(C)c1-c1ccc(C(F)(F)F)cc1. The van der Waals surface area contributed by atoms with E-state index in [0.717, 1.165) is 62.8 Å². The van der Waals surface area contributed by atoms with Crippen LogP contribution in [0.3, 0.4) is 0 Å². The molecule has 0 saturated heterocycles. The van der Waals surface area contributed by atoms with E-state index < -0.39 is 17.7 Å². The Hall–Kier alpha value is -2.78. The monoisotopic (exact) mass is 549 g/mol. The second kappa shape index (κ2) is 12.6. The van der Waals surface area contributed by atoms with Gasteiger partial charge >= 0.3 is 12.1 Å². The third-order valence-corrected chi connectivity index (χ3v) is 8.38. The van der Waals surface area contributed by atoms with E-state index in [4.69, 9.17) is 5.11 Å². The van der Waals surface area contributed by atoms with Crippen molar-refractivity contribution in [2.24, 2.45) is 5.92 Å². The molecule has 0 radical (unpaired) electrons. The van der Waals surface area contributed by atoms with Gasteiger partial charge in [0.05, 0.1) is 16.9 Å². The zero-order valence-electron chi connectivity index (χ0n) is 20.9. The van der Waals surface area contributed by atoms with Crippen molar-refractivity contribution in [2.75, 3.05) is 12.3 Å². The van der Waals surface area contributed by atoms with Gasteiger partial charge in [-0.3, -0.25) is 9.59 Å². The topological polar surface area (TPSA) is 66.4 Å². The summed E-state index contributed by atoms with van der Waals surface area (Å²) >= 11 is 3.20. The molecule has 0 aliphatic heterocycles. The number of hydrogen-bond acceptors (Lipinski definition) is 4. The minimum absolute atomic E-state index is 0.101. The van der Waals surface area contributed by atoms with Gasteiger partial charge in [0.15, 0.2) is 0 Å². The van der Waals surface area contributed by atoms with Crippen LogP contribution in [0.2, 0.25) is 0 Å². The molecule has 0 fully saturated rings. The van der Waals surface area contributed by atoms with E-state index in [0.29, 0.717) is 10.8 Å². The molecule has 2 N–H and O–H groups in total. The minimum atomic E-state index is -4.34. The Morgan fingerprint density at radius 2 is 1.70 bits per heavy atom. The molecule has 0 aliphatic carbocycles. The lowest BCUT2D eigenvalue weighted by Gasteiger charge is -2.15. The Morgan fingerprint density at radius 1 is 1.05 bits per heavy atom. The summed E-state index contributed by atoms with van der Waals surface area (Å²) in [5.41, 5.74) is 3.15. The van der Waals surface area contributed by atoms with Crippen molar-refractivity contribution in [1.29, 1.82) is 0 Å². The van der Waals surface area contributed by atoms with Gasteiger partial charge in [0.2, 0.25) is 0 Å². The van der Waals surface area contributed by atoms with Gasteiger partial charge in [0.25, 0.3) is 5.91 Å². The van der Waals surface area contributed by atoms with Crippen molar-refractivity contribution >= 4 is 35.0 Å². The van der Waals surface area contributed by atoms with Gasteiger partial charge in [-0.25, -0.2) is 0 Å². The maximum atomic E-state index is 12.9. The molecule has 0 spiro atoms. The first-order valence-corrected chi connectivity index (χ1v) is 13.7. The number of thioether (sulfide) groups is 1. The summed E-state index contributed by atoms with van der Waals surface area (Å²) in [5, 5.41) is 11.3. The third-order valence-electron chi connectivity index (χ3n) is 5.94. The number of aryl methyl sites for hydroxylation is 3. The molecule has 1 aromatic heterocycles. The first-order valence-electron chi connectivity index (χ1n) is 11.9. The molecule has 3 rings (SSSR count). The summed E-state index contributed by atoms with van der Waals surface area (Å²) < 4.78 is 38.7. The van der Waals surface area contributed by atoms with Gasteiger partial charge in [0.1, 0.15) is 0 Å². The molecule has 1 amide bonds. The van der Waals surface area contributed by atoms with E-state index in [1.807, 2.05) is 19.9 Å². The average molecular weight is 550 g/mol. The number of aliphatic carboxylic acids is 1. The van der Waals surface area contributed by atoms with Crippen molar-refractivity contribution in [3.63, 3.8) is 0 Å². The van der Waals surface area contributed by atoms with Gasteiger partial charge in [-0.1, -0.05) is 19.1 Å². The van der Waals surface area contributed by atoms with Crippen LogP contribution in [0.25, 0.3) is 11.1 Å². The summed E-state index contributed by atoms with van der Waals surface area (Å²) in [6.45, 7) is 6.27. The van der Waals surface area contributed by atoms with Crippen LogP contribution < -0.4 is 5.32 Å². The molecule has 9 heteroatoms. The molecule has 4 nitrogen and oxygen atoms in total. The first-order chi connectivity index (χ1) is 17.4.